The number of aromatic nitrogens is 3. The summed E-state index contributed by atoms with van der Waals surface area (Å²) in [6.07, 6.45) is -0.0143. The van der Waals surface area contributed by atoms with E-state index < -0.39 is 0 Å². The highest BCUT2D eigenvalue weighted by Crippen LogP contribution is 2.20. The lowest BCUT2D eigenvalue weighted by Gasteiger charge is -2.09. The zero-order valence-corrected chi connectivity index (χ0v) is 13.5. The second-order valence-electron chi connectivity index (χ2n) is 3.96. The summed E-state index contributed by atoms with van der Waals surface area (Å²) < 4.78 is 6.46. The van der Waals surface area contributed by atoms with E-state index >= 15 is 0 Å². The Balaban J connectivity index is 2.05. The van der Waals surface area contributed by atoms with Gasteiger partial charge in [-0.25, -0.2) is 0 Å². The Bertz CT molecular complexity index is 563. The molecule has 2 heterocycles. The monoisotopic (exact) mass is 362 g/mol. The van der Waals surface area contributed by atoms with E-state index in [4.69, 9.17) is 16.3 Å². The smallest absolute Gasteiger partial charge is 0.322 e. The summed E-state index contributed by atoms with van der Waals surface area (Å²) in [6, 6.07) is 2.26. The van der Waals surface area contributed by atoms with E-state index in [9.17, 15) is 0 Å². The van der Waals surface area contributed by atoms with Crippen LogP contribution in [-0.2, 0) is 6.54 Å². The Morgan fingerprint density at radius 2 is 2.21 bits per heavy atom. The van der Waals surface area contributed by atoms with Crippen LogP contribution in [-0.4, -0.2) is 21.1 Å². The quantitative estimate of drug-likeness (QED) is 0.876. The van der Waals surface area contributed by atoms with Gasteiger partial charge >= 0.3 is 6.01 Å². The summed E-state index contributed by atoms with van der Waals surface area (Å²) in [7, 11) is 0. The predicted molar refractivity (Wildman–Crippen MR) is 79.9 cm³/mol. The van der Waals surface area contributed by atoms with Crippen molar-refractivity contribution in [1.82, 2.24) is 15.0 Å². The molecule has 1 N–H and O–H groups in total. The Morgan fingerprint density at radius 3 is 2.84 bits per heavy atom. The third kappa shape index (κ3) is 4.59. The molecule has 0 unspecified atom stereocenters. The van der Waals surface area contributed by atoms with Crippen molar-refractivity contribution in [2.45, 2.75) is 26.5 Å². The zero-order chi connectivity index (χ0) is 13.8. The standard InChI is InChI=1S/C11H12BrClN4OS/c1-6(2)18-11-16-9(13)15-10(17-11)14-4-8-3-7(12)5-19-8/h3,5-6H,4H2,1-2H3,(H,14,15,16,17). The third-order valence-corrected chi connectivity index (χ3v) is 3.84. The lowest BCUT2D eigenvalue weighted by atomic mass is 10.5. The molecule has 0 fully saturated rings. The molecule has 0 aliphatic rings. The van der Waals surface area contributed by atoms with Crippen LogP contribution in [0.5, 0.6) is 6.01 Å². The fourth-order valence-corrected chi connectivity index (χ4v) is 2.83. The average molecular weight is 364 g/mol. The van der Waals surface area contributed by atoms with E-state index in [1.54, 1.807) is 11.3 Å². The van der Waals surface area contributed by atoms with Crippen molar-refractivity contribution in [3.63, 3.8) is 0 Å². The molecule has 2 aromatic heterocycles. The number of anilines is 1. The van der Waals surface area contributed by atoms with Gasteiger partial charge in [-0.3, -0.25) is 0 Å². The number of rotatable bonds is 5. The minimum Gasteiger partial charge on any atom is -0.461 e. The van der Waals surface area contributed by atoms with Gasteiger partial charge in [0.15, 0.2) is 0 Å². The molecule has 0 atom stereocenters. The zero-order valence-electron chi connectivity index (χ0n) is 10.4. The fourth-order valence-electron chi connectivity index (χ4n) is 1.29. The molecule has 0 radical (unpaired) electrons. The van der Waals surface area contributed by atoms with Crippen molar-refractivity contribution in [1.29, 1.82) is 0 Å². The molecule has 8 heteroatoms. The van der Waals surface area contributed by atoms with Gasteiger partial charge in [0.05, 0.1) is 12.6 Å². The van der Waals surface area contributed by atoms with E-state index in [2.05, 4.69) is 36.2 Å². The number of halogens is 2. The summed E-state index contributed by atoms with van der Waals surface area (Å²) in [5, 5.41) is 5.22. The van der Waals surface area contributed by atoms with Gasteiger partial charge in [0.1, 0.15) is 0 Å². The molecule has 5 nitrogen and oxygen atoms in total. The van der Waals surface area contributed by atoms with Crippen LogP contribution in [0.4, 0.5) is 5.95 Å². The maximum absolute atomic E-state index is 5.83. The van der Waals surface area contributed by atoms with Gasteiger partial charge in [-0.2, -0.15) is 15.0 Å². The van der Waals surface area contributed by atoms with Gasteiger partial charge in [-0.05, 0) is 47.4 Å². The number of nitrogens with one attached hydrogen (secondary N) is 1. The van der Waals surface area contributed by atoms with Crippen LogP contribution >= 0.6 is 38.9 Å². The van der Waals surface area contributed by atoms with Gasteiger partial charge < -0.3 is 10.1 Å². The van der Waals surface area contributed by atoms with Crippen LogP contribution in [0.1, 0.15) is 18.7 Å². The predicted octanol–water partition coefficient (Wildman–Crippen LogP) is 3.75. The minimum atomic E-state index is -0.0143. The van der Waals surface area contributed by atoms with E-state index in [-0.39, 0.29) is 17.4 Å². The molecule has 0 amide bonds. The van der Waals surface area contributed by atoms with Crippen LogP contribution in [0, 0.1) is 0 Å². The van der Waals surface area contributed by atoms with Crippen molar-refractivity contribution in [2.75, 3.05) is 5.32 Å². The highest BCUT2D eigenvalue weighted by Gasteiger charge is 2.08. The SMILES string of the molecule is CC(C)Oc1nc(Cl)nc(NCc2cc(Br)cs2)n1. The molecule has 0 saturated carbocycles. The molecule has 2 rings (SSSR count). The van der Waals surface area contributed by atoms with E-state index in [0.717, 1.165) is 9.35 Å². The minimum absolute atomic E-state index is 0.0143. The molecular formula is C11H12BrClN4OS. The molecule has 102 valence electrons. The van der Waals surface area contributed by atoms with Gasteiger partial charge in [-0.1, -0.05) is 0 Å². The molecule has 0 spiro atoms. The second-order valence-corrected chi connectivity index (χ2v) is 6.21. The molecule has 0 aliphatic heterocycles. The lowest BCUT2D eigenvalue weighted by molar-refractivity contribution is 0.222. The van der Waals surface area contributed by atoms with Crippen molar-refractivity contribution in [3.8, 4) is 6.01 Å². The maximum Gasteiger partial charge on any atom is 0.322 e. The highest BCUT2D eigenvalue weighted by atomic mass is 79.9. The van der Waals surface area contributed by atoms with Gasteiger partial charge in [0, 0.05) is 14.7 Å². The molecule has 0 bridgehead atoms. The van der Waals surface area contributed by atoms with Crippen molar-refractivity contribution in [3.05, 3.63) is 26.1 Å². The number of thiophene rings is 1. The maximum atomic E-state index is 5.83. The van der Waals surface area contributed by atoms with Crippen molar-refractivity contribution in [2.24, 2.45) is 0 Å². The van der Waals surface area contributed by atoms with E-state index in [1.807, 2.05) is 25.3 Å². The normalized spacial score (nSPS) is 10.8. The molecular weight excluding hydrogens is 352 g/mol. The number of hydrogen-bond donors (Lipinski definition) is 1. The van der Waals surface area contributed by atoms with Crippen LogP contribution in [0.25, 0.3) is 0 Å². The summed E-state index contributed by atoms with van der Waals surface area (Å²) in [6.45, 7) is 4.42. The first kappa shape index (κ1) is 14.5. The molecule has 0 saturated heterocycles. The number of ether oxygens (including phenoxy) is 1. The van der Waals surface area contributed by atoms with Crippen LogP contribution in [0.3, 0.4) is 0 Å². The second kappa shape index (κ2) is 6.49. The molecule has 0 aromatic carbocycles. The van der Waals surface area contributed by atoms with Gasteiger partial charge in [0.25, 0.3) is 0 Å². The van der Waals surface area contributed by atoms with Crippen LogP contribution < -0.4 is 10.1 Å². The lowest BCUT2D eigenvalue weighted by Crippen LogP contribution is -2.11. The first-order valence-corrected chi connectivity index (χ1v) is 7.63. The Kier molecular flexibility index (Phi) is 4.95. The highest BCUT2D eigenvalue weighted by molar-refractivity contribution is 9.10. The molecule has 2 aromatic rings. The Labute approximate surface area is 128 Å². The summed E-state index contributed by atoms with van der Waals surface area (Å²) in [5.41, 5.74) is 0. The molecule has 19 heavy (non-hydrogen) atoms. The van der Waals surface area contributed by atoms with Gasteiger partial charge in [-0.15, -0.1) is 11.3 Å². The average Bonchev–Trinajstić information content (AvgIpc) is 2.71. The fraction of sp³-hybridized carbons (Fsp3) is 0.364. The largest absolute Gasteiger partial charge is 0.461 e. The first-order chi connectivity index (χ1) is 9.02. The Morgan fingerprint density at radius 1 is 1.42 bits per heavy atom. The van der Waals surface area contributed by atoms with E-state index in [1.165, 1.54) is 0 Å². The topological polar surface area (TPSA) is 59.9 Å². The van der Waals surface area contributed by atoms with Crippen LogP contribution in [0.15, 0.2) is 15.9 Å². The molecule has 0 aliphatic carbocycles. The number of hydrogen-bond acceptors (Lipinski definition) is 6. The summed E-state index contributed by atoms with van der Waals surface area (Å²) >= 11 is 10.9. The van der Waals surface area contributed by atoms with Crippen molar-refractivity contribution < 1.29 is 4.74 Å². The number of nitrogens with zero attached hydrogens (tertiary/aromatic N) is 3. The third-order valence-electron chi connectivity index (χ3n) is 1.97. The Hall–Kier alpha value is -0.920. The van der Waals surface area contributed by atoms with Crippen molar-refractivity contribution >= 4 is 44.8 Å². The summed E-state index contributed by atoms with van der Waals surface area (Å²) in [5.74, 6) is 0.403. The van der Waals surface area contributed by atoms with Gasteiger partial charge in [0.2, 0.25) is 11.2 Å². The van der Waals surface area contributed by atoms with E-state index in [0.29, 0.717) is 12.5 Å². The summed E-state index contributed by atoms with van der Waals surface area (Å²) in [4.78, 5) is 13.2. The first-order valence-electron chi connectivity index (χ1n) is 5.58. The van der Waals surface area contributed by atoms with Crippen LogP contribution in [0.2, 0.25) is 5.28 Å².